The first-order chi connectivity index (χ1) is 15.9. The third-order valence-corrected chi connectivity index (χ3v) is 6.13. The minimum atomic E-state index is -0.560. The fourth-order valence-corrected chi connectivity index (χ4v) is 4.31. The molecular weight excluding hydrogens is 468 g/mol. The minimum Gasteiger partial charge on any atom is -0.346 e. The minimum absolute atomic E-state index is 0.175. The lowest BCUT2D eigenvalue weighted by atomic mass is 10.2. The summed E-state index contributed by atoms with van der Waals surface area (Å²) >= 11 is 7.06. The SMILES string of the molecule is Cn1cnc2c(=O)[nH]c(=O)n(-c3ccc(-n4cc(CNC(=O)c5ccc(Cl)s5)nn4)cc3)c21. The van der Waals surface area contributed by atoms with Crippen LogP contribution in [-0.4, -0.2) is 40.0 Å². The van der Waals surface area contributed by atoms with Crippen molar-refractivity contribution in [3.63, 3.8) is 0 Å². The van der Waals surface area contributed by atoms with Gasteiger partial charge in [-0.1, -0.05) is 16.8 Å². The third kappa shape index (κ3) is 3.85. The van der Waals surface area contributed by atoms with Crippen LogP contribution in [0.25, 0.3) is 22.5 Å². The van der Waals surface area contributed by atoms with Crippen LogP contribution >= 0.6 is 22.9 Å². The lowest BCUT2D eigenvalue weighted by Gasteiger charge is -2.09. The summed E-state index contributed by atoms with van der Waals surface area (Å²) in [4.78, 5) is 43.5. The van der Waals surface area contributed by atoms with Crippen molar-refractivity contribution in [3.8, 4) is 11.4 Å². The molecular formula is C20H15ClN8O3S. The first-order valence-electron chi connectivity index (χ1n) is 9.62. The highest BCUT2D eigenvalue weighted by Gasteiger charge is 2.14. The number of aryl methyl sites for hydroxylation is 1. The molecule has 0 atom stereocenters. The number of amides is 1. The Hall–Kier alpha value is -4.03. The van der Waals surface area contributed by atoms with E-state index in [0.717, 1.165) is 0 Å². The maximum atomic E-state index is 12.5. The maximum Gasteiger partial charge on any atom is 0.334 e. The van der Waals surface area contributed by atoms with Crippen molar-refractivity contribution in [1.29, 1.82) is 0 Å². The van der Waals surface area contributed by atoms with Crippen molar-refractivity contribution >= 4 is 40.0 Å². The van der Waals surface area contributed by atoms with Crippen LogP contribution in [0.15, 0.2) is 58.5 Å². The number of nitrogens with one attached hydrogen (secondary N) is 2. The van der Waals surface area contributed by atoms with Crippen LogP contribution in [-0.2, 0) is 13.6 Å². The summed E-state index contributed by atoms with van der Waals surface area (Å²) in [5.41, 5.74) is 1.30. The molecule has 1 aromatic carbocycles. The zero-order valence-electron chi connectivity index (χ0n) is 17.0. The largest absolute Gasteiger partial charge is 0.346 e. The Morgan fingerprint density at radius 3 is 2.64 bits per heavy atom. The number of halogens is 1. The van der Waals surface area contributed by atoms with Gasteiger partial charge in [-0.05, 0) is 36.4 Å². The number of fused-ring (bicyclic) bond motifs is 1. The average molecular weight is 483 g/mol. The second-order valence-corrected chi connectivity index (χ2v) is 8.79. The van der Waals surface area contributed by atoms with Crippen molar-refractivity contribution in [2.75, 3.05) is 0 Å². The second kappa shape index (κ2) is 8.15. The van der Waals surface area contributed by atoms with E-state index in [9.17, 15) is 14.4 Å². The number of H-pyrrole nitrogens is 1. The molecule has 5 rings (SSSR count). The van der Waals surface area contributed by atoms with E-state index in [1.54, 1.807) is 58.9 Å². The quantitative estimate of drug-likeness (QED) is 0.391. The monoisotopic (exact) mass is 482 g/mol. The summed E-state index contributed by atoms with van der Waals surface area (Å²) in [6.07, 6.45) is 3.18. The van der Waals surface area contributed by atoms with Crippen molar-refractivity contribution in [2.24, 2.45) is 7.05 Å². The Labute approximate surface area is 193 Å². The number of hydrogen-bond acceptors (Lipinski definition) is 7. The Kier molecular flexibility index (Phi) is 5.15. The first-order valence-corrected chi connectivity index (χ1v) is 10.8. The third-order valence-electron chi connectivity index (χ3n) is 4.90. The highest BCUT2D eigenvalue weighted by molar-refractivity contribution is 7.17. The van der Waals surface area contributed by atoms with Gasteiger partial charge in [0, 0.05) is 7.05 Å². The summed E-state index contributed by atoms with van der Waals surface area (Å²) in [7, 11) is 1.71. The molecule has 33 heavy (non-hydrogen) atoms. The van der Waals surface area contributed by atoms with E-state index >= 15 is 0 Å². The number of aromatic amines is 1. The number of benzene rings is 1. The highest BCUT2D eigenvalue weighted by Crippen LogP contribution is 2.21. The summed E-state index contributed by atoms with van der Waals surface area (Å²) < 4.78 is 5.10. The summed E-state index contributed by atoms with van der Waals surface area (Å²) in [5, 5.41) is 11.0. The number of imidazole rings is 1. The molecule has 0 aliphatic rings. The zero-order chi connectivity index (χ0) is 23.1. The van der Waals surface area contributed by atoms with Gasteiger partial charge in [0.15, 0.2) is 11.2 Å². The number of nitrogens with zero attached hydrogens (tertiary/aromatic N) is 6. The average Bonchev–Trinajstić information content (AvgIpc) is 3.53. The van der Waals surface area contributed by atoms with Gasteiger partial charge in [-0.2, -0.15) is 0 Å². The van der Waals surface area contributed by atoms with Crippen LogP contribution in [0.5, 0.6) is 0 Å². The van der Waals surface area contributed by atoms with Crippen LogP contribution in [0.4, 0.5) is 0 Å². The number of aromatic nitrogens is 7. The normalized spacial score (nSPS) is 11.2. The van der Waals surface area contributed by atoms with E-state index in [-0.39, 0.29) is 18.0 Å². The van der Waals surface area contributed by atoms with Crippen molar-refractivity contribution in [1.82, 2.24) is 39.4 Å². The molecule has 1 amide bonds. The van der Waals surface area contributed by atoms with Crippen LogP contribution in [0.1, 0.15) is 15.4 Å². The second-order valence-electron chi connectivity index (χ2n) is 7.08. The molecule has 0 fully saturated rings. The van der Waals surface area contributed by atoms with Crippen molar-refractivity contribution in [2.45, 2.75) is 6.54 Å². The standard InChI is InChI=1S/C20H15ClN8O3S/c1-27-10-23-16-18(31)24-20(32)29(19(16)27)13-4-2-12(3-5-13)28-9-11(25-26-28)8-22-17(30)14-6-7-15(21)33-14/h2-7,9-10H,8H2,1H3,(H,22,30)(H,24,31,32). The smallest absolute Gasteiger partial charge is 0.334 e. The molecule has 2 N–H and O–H groups in total. The molecule has 0 unspecified atom stereocenters. The van der Waals surface area contributed by atoms with Crippen molar-refractivity contribution < 1.29 is 4.79 Å². The molecule has 0 spiro atoms. The van der Waals surface area contributed by atoms with E-state index < -0.39 is 11.2 Å². The number of carbonyl (C=O) groups is 1. The van der Waals surface area contributed by atoms with Crippen LogP contribution in [0.3, 0.4) is 0 Å². The molecule has 0 bridgehead atoms. The number of thiophene rings is 1. The summed E-state index contributed by atoms with van der Waals surface area (Å²) in [6, 6.07) is 10.3. The van der Waals surface area contributed by atoms with Gasteiger partial charge in [0.1, 0.15) is 5.69 Å². The number of hydrogen-bond donors (Lipinski definition) is 2. The lowest BCUT2D eigenvalue weighted by Crippen LogP contribution is -2.30. The fourth-order valence-electron chi connectivity index (χ4n) is 3.35. The van der Waals surface area contributed by atoms with Gasteiger partial charge >= 0.3 is 5.69 Å². The fraction of sp³-hybridized carbons (Fsp3) is 0.100. The Morgan fingerprint density at radius 1 is 1.15 bits per heavy atom. The van der Waals surface area contributed by atoms with Crippen LogP contribution in [0.2, 0.25) is 4.34 Å². The van der Waals surface area contributed by atoms with Crippen LogP contribution in [0, 0.1) is 0 Å². The van der Waals surface area contributed by atoms with Gasteiger partial charge in [0.05, 0.1) is 39.7 Å². The molecule has 4 aromatic heterocycles. The molecule has 0 saturated carbocycles. The van der Waals surface area contributed by atoms with Gasteiger partial charge < -0.3 is 9.88 Å². The molecule has 166 valence electrons. The molecule has 13 heteroatoms. The number of carbonyl (C=O) groups excluding carboxylic acids is 1. The van der Waals surface area contributed by atoms with E-state index in [0.29, 0.717) is 31.9 Å². The molecule has 0 radical (unpaired) electrons. The van der Waals surface area contributed by atoms with E-state index in [1.165, 1.54) is 22.2 Å². The van der Waals surface area contributed by atoms with E-state index in [4.69, 9.17) is 11.6 Å². The van der Waals surface area contributed by atoms with Gasteiger partial charge in [-0.15, -0.1) is 16.4 Å². The Balaban J connectivity index is 1.37. The molecule has 0 aliphatic carbocycles. The van der Waals surface area contributed by atoms with E-state index in [2.05, 4.69) is 25.6 Å². The molecule has 4 heterocycles. The van der Waals surface area contributed by atoms with Gasteiger partial charge in [0.25, 0.3) is 11.5 Å². The lowest BCUT2D eigenvalue weighted by molar-refractivity contribution is 0.0954. The zero-order valence-corrected chi connectivity index (χ0v) is 18.6. The Bertz CT molecular complexity index is 1610. The maximum absolute atomic E-state index is 12.5. The molecule has 0 saturated heterocycles. The number of rotatable bonds is 5. The van der Waals surface area contributed by atoms with E-state index in [1.807, 2.05) is 0 Å². The van der Waals surface area contributed by atoms with Crippen molar-refractivity contribution in [3.05, 3.63) is 84.7 Å². The topological polar surface area (TPSA) is 132 Å². The first kappa shape index (κ1) is 20.8. The molecule has 0 aliphatic heterocycles. The highest BCUT2D eigenvalue weighted by atomic mass is 35.5. The van der Waals surface area contributed by atoms with Crippen LogP contribution < -0.4 is 16.6 Å². The predicted molar refractivity (Wildman–Crippen MR) is 122 cm³/mol. The summed E-state index contributed by atoms with van der Waals surface area (Å²) in [6.45, 7) is 0.206. The van der Waals surface area contributed by atoms with Gasteiger partial charge in [-0.25, -0.2) is 19.0 Å². The predicted octanol–water partition coefficient (Wildman–Crippen LogP) is 1.64. The summed E-state index contributed by atoms with van der Waals surface area (Å²) in [5.74, 6) is -0.237. The molecule has 11 nitrogen and oxygen atoms in total. The van der Waals surface area contributed by atoms with Gasteiger partial charge in [-0.3, -0.25) is 14.6 Å². The Morgan fingerprint density at radius 2 is 1.91 bits per heavy atom. The molecule has 5 aromatic rings. The van der Waals surface area contributed by atoms with Gasteiger partial charge in [0.2, 0.25) is 0 Å².